The Morgan fingerprint density at radius 2 is 2.40 bits per heavy atom. The third-order valence-electron chi connectivity index (χ3n) is 3.65. The molecule has 0 radical (unpaired) electrons. The Morgan fingerprint density at radius 1 is 1.55 bits per heavy atom. The molecule has 2 fully saturated rings. The zero-order chi connectivity index (χ0) is 14.1. The second-order valence-corrected chi connectivity index (χ2v) is 5.94. The van der Waals surface area contributed by atoms with Crippen molar-refractivity contribution < 1.29 is 9.59 Å². The molecular weight excluding hydrogens is 278 g/mol. The van der Waals surface area contributed by atoms with Crippen molar-refractivity contribution in [3.05, 3.63) is 18.2 Å². The van der Waals surface area contributed by atoms with E-state index in [0.29, 0.717) is 18.8 Å². The number of nitrogens with zero attached hydrogens (tertiary/aromatic N) is 3. The monoisotopic (exact) mass is 295 g/mol. The maximum Gasteiger partial charge on any atom is 0.279 e. The standard InChI is InChI=1S/C12H17N5O2S/c1-16-4-3-14-10(16)9-6-13-2-5-17(9)11(18)8-7-20-12(19)15-8/h3-4,8-9,13H,2,5-7H2,1H3,(H,15,19)/t8-,9?/m0/s1. The molecule has 8 heteroatoms. The summed E-state index contributed by atoms with van der Waals surface area (Å²) in [4.78, 5) is 30.0. The van der Waals surface area contributed by atoms with Gasteiger partial charge < -0.3 is 20.1 Å². The Bertz CT molecular complexity index is 532. The van der Waals surface area contributed by atoms with Crippen molar-refractivity contribution in [3.63, 3.8) is 0 Å². The average Bonchev–Trinajstić information content (AvgIpc) is 3.07. The Morgan fingerprint density at radius 3 is 3.05 bits per heavy atom. The number of aryl methyl sites for hydroxylation is 1. The van der Waals surface area contributed by atoms with Crippen LogP contribution in [0.1, 0.15) is 11.9 Å². The molecule has 3 rings (SSSR count). The Balaban J connectivity index is 1.80. The van der Waals surface area contributed by atoms with Crippen molar-refractivity contribution >= 4 is 22.9 Å². The van der Waals surface area contributed by atoms with E-state index in [9.17, 15) is 9.59 Å². The van der Waals surface area contributed by atoms with E-state index in [1.54, 1.807) is 6.20 Å². The minimum Gasteiger partial charge on any atom is -0.336 e. The smallest absolute Gasteiger partial charge is 0.279 e. The fraction of sp³-hybridized carbons (Fsp3) is 0.583. The maximum atomic E-state index is 12.6. The molecule has 2 amide bonds. The van der Waals surface area contributed by atoms with E-state index in [0.717, 1.165) is 12.4 Å². The van der Waals surface area contributed by atoms with Crippen LogP contribution >= 0.6 is 11.8 Å². The summed E-state index contributed by atoms with van der Waals surface area (Å²) in [6.45, 7) is 2.08. The summed E-state index contributed by atoms with van der Waals surface area (Å²) in [5.41, 5.74) is 0. The van der Waals surface area contributed by atoms with Crippen LogP contribution < -0.4 is 10.6 Å². The Labute approximate surface area is 121 Å². The number of hydrogen-bond donors (Lipinski definition) is 2. The van der Waals surface area contributed by atoms with Crippen LogP contribution in [-0.2, 0) is 11.8 Å². The van der Waals surface area contributed by atoms with Gasteiger partial charge in [-0.25, -0.2) is 4.98 Å². The lowest BCUT2D eigenvalue weighted by molar-refractivity contribution is -0.136. The van der Waals surface area contributed by atoms with Crippen LogP contribution in [-0.4, -0.2) is 57.0 Å². The van der Waals surface area contributed by atoms with Crippen molar-refractivity contribution in [2.45, 2.75) is 12.1 Å². The van der Waals surface area contributed by atoms with Crippen molar-refractivity contribution in [3.8, 4) is 0 Å². The summed E-state index contributed by atoms with van der Waals surface area (Å²) < 4.78 is 1.93. The number of carbonyl (C=O) groups is 2. The van der Waals surface area contributed by atoms with Crippen molar-refractivity contribution in [1.82, 2.24) is 25.1 Å². The minimum absolute atomic E-state index is 0.0159. The van der Waals surface area contributed by atoms with Crippen molar-refractivity contribution in [2.75, 3.05) is 25.4 Å². The molecule has 108 valence electrons. The highest BCUT2D eigenvalue weighted by molar-refractivity contribution is 8.14. The molecule has 0 saturated carbocycles. The number of aromatic nitrogens is 2. The predicted octanol–water partition coefficient (Wildman–Crippen LogP) is -0.282. The molecule has 2 N–H and O–H groups in total. The van der Waals surface area contributed by atoms with Gasteiger partial charge in [0, 0.05) is 44.8 Å². The van der Waals surface area contributed by atoms with Crippen LogP contribution in [0.2, 0.25) is 0 Å². The lowest BCUT2D eigenvalue weighted by Gasteiger charge is -2.37. The number of rotatable bonds is 2. The van der Waals surface area contributed by atoms with Gasteiger partial charge in [0.25, 0.3) is 5.24 Å². The molecular formula is C12H17N5O2S. The molecule has 0 spiro atoms. The van der Waals surface area contributed by atoms with E-state index in [1.807, 2.05) is 22.7 Å². The van der Waals surface area contributed by atoms with Gasteiger partial charge in [0.2, 0.25) is 5.91 Å². The molecule has 2 aliphatic heterocycles. The van der Waals surface area contributed by atoms with Crippen LogP contribution in [0, 0.1) is 0 Å². The van der Waals surface area contributed by atoms with E-state index in [-0.39, 0.29) is 17.2 Å². The third kappa shape index (κ3) is 2.40. The second-order valence-electron chi connectivity index (χ2n) is 4.94. The van der Waals surface area contributed by atoms with E-state index in [2.05, 4.69) is 15.6 Å². The molecule has 0 bridgehead atoms. The van der Waals surface area contributed by atoms with Gasteiger partial charge in [-0.05, 0) is 0 Å². The number of amides is 2. The number of carbonyl (C=O) groups excluding carboxylic acids is 2. The minimum atomic E-state index is -0.409. The number of thioether (sulfide) groups is 1. The number of piperazine rings is 1. The largest absolute Gasteiger partial charge is 0.336 e. The first-order valence-corrected chi connectivity index (χ1v) is 7.57. The van der Waals surface area contributed by atoms with Gasteiger partial charge in [0.05, 0.1) is 0 Å². The maximum absolute atomic E-state index is 12.6. The first-order chi connectivity index (χ1) is 9.66. The summed E-state index contributed by atoms with van der Waals surface area (Å²) in [7, 11) is 1.92. The van der Waals surface area contributed by atoms with Crippen LogP contribution in [0.25, 0.3) is 0 Å². The molecule has 7 nitrogen and oxygen atoms in total. The van der Waals surface area contributed by atoms with Crippen LogP contribution in [0.15, 0.2) is 12.4 Å². The molecule has 0 aromatic carbocycles. The molecule has 0 aliphatic carbocycles. The van der Waals surface area contributed by atoms with E-state index >= 15 is 0 Å². The highest BCUT2D eigenvalue weighted by atomic mass is 32.2. The lowest BCUT2D eigenvalue weighted by atomic mass is 10.1. The summed E-state index contributed by atoms with van der Waals surface area (Å²) in [6.07, 6.45) is 3.61. The number of imidazole rings is 1. The highest BCUT2D eigenvalue weighted by Gasteiger charge is 2.37. The predicted molar refractivity (Wildman–Crippen MR) is 75.3 cm³/mol. The normalized spacial score (nSPS) is 26.6. The molecule has 1 aromatic heterocycles. The fourth-order valence-electron chi connectivity index (χ4n) is 2.61. The summed E-state index contributed by atoms with van der Waals surface area (Å²) in [5.74, 6) is 1.36. The number of hydrogen-bond acceptors (Lipinski definition) is 5. The Kier molecular flexibility index (Phi) is 3.66. The van der Waals surface area contributed by atoms with Crippen LogP contribution in [0.5, 0.6) is 0 Å². The third-order valence-corrected chi connectivity index (χ3v) is 4.53. The summed E-state index contributed by atoms with van der Waals surface area (Å²) in [5, 5.41) is 5.89. The van der Waals surface area contributed by atoms with Gasteiger partial charge in [0.15, 0.2) is 0 Å². The first-order valence-electron chi connectivity index (χ1n) is 6.58. The van der Waals surface area contributed by atoms with Gasteiger partial charge in [-0.2, -0.15) is 0 Å². The van der Waals surface area contributed by atoms with Gasteiger partial charge in [-0.15, -0.1) is 0 Å². The van der Waals surface area contributed by atoms with Gasteiger partial charge in [-0.3, -0.25) is 9.59 Å². The van der Waals surface area contributed by atoms with Crippen molar-refractivity contribution in [1.29, 1.82) is 0 Å². The molecule has 2 atom stereocenters. The SMILES string of the molecule is Cn1ccnc1C1CNCCN1C(=O)[C@@H]1CSC(=O)N1. The van der Waals surface area contributed by atoms with E-state index in [1.165, 1.54) is 11.8 Å². The average molecular weight is 295 g/mol. The first kappa shape index (κ1) is 13.4. The zero-order valence-electron chi connectivity index (χ0n) is 11.2. The lowest BCUT2D eigenvalue weighted by Crippen LogP contribution is -2.54. The molecule has 20 heavy (non-hydrogen) atoms. The van der Waals surface area contributed by atoms with Crippen LogP contribution in [0.3, 0.4) is 0 Å². The highest BCUT2D eigenvalue weighted by Crippen LogP contribution is 2.23. The van der Waals surface area contributed by atoms with Gasteiger partial charge in [-0.1, -0.05) is 11.8 Å². The van der Waals surface area contributed by atoms with Gasteiger partial charge >= 0.3 is 0 Å². The molecule has 2 aliphatic rings. The zero-order valence-corrected chi connectivity index (χ0v) is 12.0. The van der Waals surface area contributed by atoms with Crippen LogP contribution in [0.4, 0.5) is 4.79 Å². The Hall–Kier alpha value is -1.54. The van der Waals surface area contributed by atoms with Crippen molar-refractivity contribution in [2.24, 2.45) is 7.05 Å². The molecule has 3 heterocycles. The van der Waals surface area contributed by atoms with E-state index in [4.69, 9.17) is 0 Å². The summed E-state index contributed by atoms with van der Waals surface area (Å²) >= 11 is 1.17. The summed E-state index contributed by atoms with van der Waals surface area (Å²) in [6, 6.07) is -0.493. The second kappa shape index (κ2) is 5.45. The molecule has 1 aromatic rings. The topological polar surface area (TPSA) is 79.3 Å². The molecule has 2 saturated heterocycles. The number of nitrogens with one attached hydrogen (secondary N) is 2. The molecule has 1 unspecified atom stereocenters. The quantitative estimate of drug-likeness (QED) is 0.784. The van der Waals surface area contributed by atoms with E-state index < -0.39 is 6.04 Å². The van der Waals surface area contributed by atoms with Gasteiger partial charge in [0.1, 0.15) is 17.9 Å². The fourth-order valence-corrected chi connectivity index (χ4v) is 3.38.